The summed E-state index contributed by atoms with van der Waals surface area (Å²) in [4.78, 5) is 6.92. The van der Waals surface area contributed by atoms with Gasteiger partial charge in [0.1, 0.15) is 11.2 Å². The lowest BCUT2D eigenvalue weighted by Crippen LogP contribution is -2.18. The van der Waals surface area contributed by atoms with Crippen LogP contribution >= 0.6 is 11.3 Å². The van der Waals surface area contributed by atoms with E-state index in [0.717, 1.165) is 0 Å². The minimum atomic E-state index is -0.302. The highest BCUT2D eigenvalue weighted by atomic mass is 32.1. The van der Waals surface area contributed by atoms with Gasteiger partial charge in [-0.1, -0.05) is 32.1 Å². The summed E-state index contributed by atoms with van der Waals surface area (Å²) >= 11 is 1.86. The van der Waals surface area contributed by atoms with Crippen molar-refractivity contribution in [1.82, 2.24) is 9.38 Å². The van der Waals surface area contributed by atoms with Crippen LogP contribution in [0.2, 0.25) is 0 Å². The monoisotopic (exact) mass is 304 g/mol. The average molecular weight is 304 g/mol. The molecule has 3 nitrogen and oxygen atoms in total. The van der Waals surface area contributed by atoms with Gasteiger partial charge < -0.3 is 5.11 Å². The Bertz CT molecular complexity index is 605. The largest absolute Gasteiger partial charge is 0.387 e. The zero-order valence-corrected chi connectivity index (χ0v) is 13.3. The molecule has 1 N–H and O–H groups in total. The fourth-order valence-corrected chi connectivity index (χ4v) is 5.57. The van der Waals surface area contributed by atoms with E-state index in [2.05, 4.69) is 9.38 Å². The molecule has 2 heterocycles. The molecule has 2 aliphatic rings. The molecule has 4 rings (SSSR count). The van der Waals surface area contributed by atoms with Gasteiger partial charge in [-0.15, -0.1) is 11.3 Å². The third-order valence-corrected chi connectivity index (χ3v) is 6.71. The van der Waals surface area contributed by atoms with E-state index in [0.29, 0.717) is 11.8 Å². The minimum absolute atomic E-state index is 0.302. The predicted molar refractivity (Wildman–Crippen MR) is 85.8 cm³/mol. The van der Waals surface area contributed by atoms with Gasteiger partial charge in [-0.2, -0.15) is 0 Å². The molecule has 0 aliphatic heterocycles. The molecule has 0 amide bonds. The molecular formula is C17H24N2OS. The van der Waals surface area contributed by atoms with Crippen LogP contribution in [0.5, 0.6) is 0 Å². The van der Waals surface area contributed by atoms with Gasteiger partial charge in [0.15, 0.2) is 0 Å². The first-order valence-corrected chi connectivity index (χ1v) is 9.29. The molecule has 2 saturated carbocycles. The Hall–Kier alpha value is -0.870. The number of hydrogen-bond donors (Lipinski definition) is 1. The Labute approximate surface area is 130 Å². The number of nitrogens with zero attached hydrogens (tertiary/aromatic N) is 2. The molecule has 2 aliphatic carbocycles. The highest BCUT2D eigenvalue weighted by Gasteiger charge is 2.32. The second kappa shape index (κ2) is 5.73. The second-order valence-corrected chi connectivity index (χ2v) is 7.84. The maximum atomic E-state index is 11.0. The first-order valence-electron chi connectivity index (χ1n) is 8.47. The molecular weight excluding hydrogens is 280 g/mol. The Balaban J connectivity index is 1.73. The number of aliphatic hydroxyl groups excluding tert-OH is 1. The normalized spacial score (nSPS) is 23.1. The van der Waals surface area contributed by atoms with Crippen LogP contribution in [0, 0.1) is 5.92 Å². The highest BCUT2D eigenvalue weighted by Crippen LogP contribution is 2.45. The second-order valence-electron chi connectivity index (χ2n) is 6.78. The average Bonchev–Trinajstić information content (AvgIpc) is 3.23. The molecule has 0 radical (unpaired) electrons. The van der Waals surface area contributed by atoms with Crippen LogP contribution in [0.4, 0.5) is 0 Å². The van der Waals surface area contributed by atoms with Crippen molar-refractivity contribution in [3.8, 4) is 0 Å². The van der Waals surface area contributed by atoms with E-state index in [1.807, 2.05) is 23.9 Å². The van der Waals surface area contributed by atoms with E-state index in [9.17, 15) is 5.11 Å². The lowest BCUT2D eigenvalue weighted by molar-refractivity contribution is 0.0795. The summed E-state index contributed by atoms with van der Waals surface area (Å²) in [6.07, 6.45) is 15.1. The standard InChI is InChI=1S/C17H24N2OS/c20-16(12-6-2-1-3-7-12)15-17(13-8-4-5-9-13)21-14-10-18-11-19(14)15/h10-13,16,20H,1-9H2. The summed E-state index contributed by atoms with van der Waals surface area (Å²) < 4.78 is 2.16. The van der Waals surface area contributed by atoms with Crippen molar-refractivity contribution in [3.63, 3.8) is 0 Å². The third-order valence-electron chi connectivity index (χ3n) is 5.43. The molecule has 2 aromatic rings. The van der Waals surface area contributed by atoms with Crippen molar-refractivity contribution >= 4 is 16.2 Å². The van der Waals surface area contributed by atoms with Gasteiger partial charge in [0.05, 0.1) is 18.0 Å². The molecule has 21 heavy (non-hydrogen) atoms. The van der Waals surface area contributed by atoms with Crippen LogP contribution in [0.25, 0.3) is 4.83 Å². The van der Waals surface area contributed by atoms with E-state index < -0.39 is 0 Å². The molecule has 2 aromatic heterocycles. The van der Waals surface area contributed by atoms with Gasteiger partial charge in [-0.05, 0) is 37.5 Å². The Kier molecular flexibility index (Phi) is 3.76. The van der Waals surface area contributed by atoms with Crippen molar-refractivity contribution in [2.45, 2.75) is 69.8 Å². The van der Waals surface area contributed by atoms with Crippen LogP contribution in [0.1, 0.15) is 80.4 Å². The van der Waals surface area contributed by atoms with Crippen molar-refractivity contribution in [2.24, 2.45) is 5.92 Å². The summed E-state index contributed by atoms with van der Waals surface area (Å²) in [6, 6.07) is 0. The number of aromatic nitrogens is 2. The molecule has 1 unspecified atom stereocenters. The van der Waals surface area contributed by atoms with E-state index in [1.54, 1.807) is 0 Å². The molecule has 114 valence electrons. The Morgan fingerprint density at radius 2 is 1.81 bits per heavy atom. The molecule has 1 atom stereocenters. The van der Waals surface area contributed by atoms with E-state index in [1.165, 1.54) is 73.2 Å². The van der Waals surface area contributed by atoms with E-state index in [4.69, 9.17) is 0 Å². The van der Waals surface area contributed by atoms with Gasteiger partial charge in [0, 0.05) is 4.88 Å². The number of hydrogen-bond acceptors (Lipinski definition) is 3. The van der Waals surface area contributed by atoms with E-state index >= 15 is 0 Å². The van der Waals surface area contributed by atoms with Crippen LogP contribution < -0.4 is 0 Å². The summed E-state index contributed by atoms with van der Waals surface area (Å²) in [5, 5.41) is 11.0. The van der Waals surface area contributed by atoms with E-state index in [-0.39, 0.29) is 6.10 Å². The quantitative estimate of drug-likeness (QED) is 0.895. The summed E-state index contributed by atoms with van der Waals surface area (Å²) in [7, 11) is 0. The fraction of sp³-hybridized carbons (Fsp3) is 0.706. The smallest absolute Gasteiger partial charge is 0.120 e. The van der Waals surface area contributed by atoms with Crippen molar-refractivity contribution < 1.29 is 5.11 Å². The van der Waals surface area contributed by atoms with Crippen molar-refractivity contribution in [1.29, 1.82) is 0 Å². The fourth-order valence-electron chi connectivity index (χ4n) is 4.26. The Morgan fingerprint density at radius 1 is 1.10 bits per heavy atom. The number of rotatable bonds is 3. The van der Waals surface area contributed by atoms with Gasteiger partial charge in [-0.3, -0.25) is 4.40 Å². The molecule has 0 saturated heterocycles. The minimum Gasteiger partial charge on any atom is -0.387 e. The van der Waals surface area contributed by atoms with Crippen molar-refractivity contribution in [3.05, 3.63) is 23.1 Å². The molecule has 4 heteroatoms. The molecule has 0 bridgehead atoms. The van der Waals surface area contributed by atoms with Gasteiger partial charge in [-0.25, -0.2) is 4.98 Å². The maximum Gasteiger partial charge on any atom is 0.120 e. The van der Waals surface area contributed by atoms with Crippen molar-refractivity contribution in [2.75, 3.05) is 0 Å². The first kappa shape index (κ1) is 13.8. The predicted octanol–water partition coefficient (Wildman–Crippen LogP) is 4.67. The summed E-state index contributed by atoms with van der Waals surface area (Å²) in [6.45, 7) is 0. The zero-order chi connectivity index (χ0) is 14.2. The molecule has 0 spiro atoms. The third kappa shape index (κ3) is 2.42. The van der Waals surface area contributed by atoms with Crippen LogP contribution in [-0.2, 0) is 0 Å². The topological polar surface area (TPSA) is 37.5 Å². The maximum absolute atomic E-state index is 11.0. The SMILES string of the molecule is OC(c1c(C2CCCC2)sc2cncn12)C1CCCCC1. The highest BCUT2D eigenvalue weighted by molar-refractivity contribution is 7.17. The number of thiazole rings is 1. The number of aliphatic hydroxyl groups is 1. The number of fused-ring (bicyclic) bond motifs is 1. The van der Waals surface area contributed by atoms with Gasteiger partial charge in [0.25, 0.3) is 0 Å². The molecule has 2 fully saturated rings. The lowest BCUT2D eigenvalue weighted by Gasteiger charge is -2.27. The van der Waals surface area contributed by atoms with Gasteiger partial charge in [0.2, 0.25) is 0 Å². The summed E-state index contributed by atoms with van der Waals surface area (Å²) in [5.41, 5.74) is 1.17. The van der Waals surface area contributed by atoms with Gasteiger partial charge >= 0.3 is 0 Å². The Morgan fingerprint density at radius 3 is 2.57 bits per heavy atom. The lowest BCUT2D eigenvalue weighted by atomic mass is 9.83. The zero-order valence-electron chi connectivity index (χ0n) is 12.5. The van der Waals surface area contributed by atoms with Crippen LogP contribution in [0.15, 0.2) is 12.5 Å². The summed E-state index contributed by atoms with van der Waals surface area (Å²) in [5.74, 6) is 1.11. The van der Waals surface area contributed by atoms with Crippen LogP contribution in [-0.4, -0.2) is 14.5 Å². The van der Waals surface area contributed by atoms with Crippen LogP contribution in [0.3, 0.4) is 0 Å². The molecule has 0 aromatic carbocycles. The number of imidazole rings is 1. The first-order chi connectivity index (χ1) is 10.3.